The number of carbonyl (C=O) groups is 2. The van der Waals surface area contributed by atoms with Gasteiger partial charge < -0.3 is 14.2 Å². The van der Waals surface area contributed by atoms with E-state index < -0.39 is 0 Å². The highest BCUT2D eigenvalue weighted by molar-refractivity contribution is 7.18. The molecular formula is C23H27N3O3S. The summed E-state index contributed by atoms with van der Waals surface area (Å²) in [7, 11) is 0. The molecule has 0 aliphatic carbocycles. The number of aryl methyl sites for hydroxylation is 1. The second-order valence-electron chi connectivity index (χ2n) is 7.79. The van der Waals surface area contributed by atoms with Crippen LogP contribution in [-0.2, 0) is 16.1 Å². The highest BCUT2D eigenvalue weighted by Crippen LogP contribution is 2.33. The summed E-state index contributed by atoms with van der Waals surface area (Å²) in [5, 5.41) is 1.12. The van der Waals surface area contributed by atoms with Gasteiger partial charge in [0.2, 0.25) is 5.91 Å². The summed E-state index contributed by atoms with van der Waals surface area (Å²) >= 11 is 1.73. The lowest BCUT2D eigenvalue weighted by atomic mass is 9.98. The Labute approximate surface area is 180 Å². The number of benzene rings is 1. The predicted molar refractivity (Wildman–Crippen MR) is 118 cm³/mol. The molecule has 6 nitrogen and oxygen atoms in total. The van der Waals surface area contributed by atoms with Gasteiger partial charge >= 0.3 is 5.97 Å². The molecule has 0 N–H and O–H groups in total. The van der Waals surface area contributed by atoms with Gasteiger partial charge in [0, 0.05) is 30.4 Å². The molecule has 3 aromatic rings. The number of ether oxygens (including phenoxy) is 1. The van der Waals surface area contributed by atoms with Crippen LogP contribution in [0, 0.1) is 13.8 Å². The molecule has 0 saturated carbocycles. The Morgan fingerprint density at radius 3 is 2.83 bits per heavy atom. The summed E-state index contributed by atoms with van der Waals surface area (Å²) in [6, 6.07) is 9.99. The van der Waals surface area contributed by atoms with E-state index in [2.05, 4.69) is 6.07 Å². The largest absolute Gasteiger partial charge is 0.462 e. The molecule has 0 radical (unpaired) electrons. The number of thiazole rings is 1. The lowest BCUT2D eigenvalue weighted by molar-refractivity contribution is -0.133. The van der Waals surface area contributed by atoms with E-state index in [0.717, 1.165) is 41.3 Å². The van der Waals surface area contributed by atoms with Crippen molar-refractivity contribution in [1.29, 1.82) is 0 Å². The number of rotatable bonds is 5. The molecule has 2 aromatic heterocycles. The minimum absolute atomic E-state index is 0.0815. The summed E-state index contributed by atoms with van der Waals surface area (Å²) in [5.41, 5.74) is 3.24. The maximum absolute atomic E-state index is 13.1. The zero-order chi connectivity index (χ0) is 21.3. The van der Waals surface area contributed by atoms with Crippen molar-refractivity contribution >= 4 is 33.4 Å². The number of esters is 1. The zero-order valence-corrected chi connectivity index (χ0v) is 18.5. The lowest BCUT2D eigenvalue weighted by Crippen LogP contribution is -2.41. The molecule has 1 aromatic carbocycles. The van der Waals surface area contributed by atoms with Crippen LogP contribution in [-0.4, -0.2) is 46.0 Å². The molecule has 4 rings (SSSR count). The van der Waals surface area contributed by atoms with Crippen LogP contribution in [0.4, 0.5) is 0 Å². The Balaban J connectivity index is 1.48. The van der Waals surface area contributed by atoms with Gasteiger partial charge in [0.25, 0.3) is 0 Å². The van der Waals surface area contributed by atoms with Crippen LogP contribution in [0.2, 0.25) is 0 Å². The molecule has 1 atom stereocenters. The summed E-state index contributed by atoms with van der Waals surface area (Å²) in [5.74, 6) is 0.0261. The molecule has 3 heterocycles. The predicted octanol–water partition coefficient (Wildman–Crippen LogP) is 4.30. The summed E-state index contributed by atoms with van der Waals surface area (Å²) in [6.07, 6.45) is 2.03. The molecular weight excluding hydrogens is 398 g/mol. The van der Waals surface area contributed by atoms with Gasteiger partial charge in [-0.1, -0.05) is 12.1 Å². The van der Waals surface area contributed by atoms with Crippen LogP contribution in [0.3, 0.4) is 0 Å². The molecule has 1 fully saturated rings. The fourth-order valence-corrected chi connectivity index (χ4v) is 5.26. The van der Waals surface area contributed by atoms with E-state index in [4.69, 9.17) is 9.72 Å². The Morgan fingerprint density at radius 1 is 1.27 bits per heavy atom. The average molecular weight is 426 g/mol. The van der Waals surface area contributed by atoms with Gasteiger partial charge in [-0.3, -0.25) is 4.79 Å². The first kappa shape index (κ1) is 20.6. The van der Waals surface area contributed by atoms with Crippen molar-refractivity contribution in [3.63, 3.8) is 0 Å². The minimum Gasteiger partial charge on any atom is -0.462 e. The number of para-hydroxylation sites is 1. The third-order valence-electron chi connectivity index (χ3n) is 5.80. The average Bonchev–Trinajstić information content (AvgIpc) is 3.30. The molecule has 0 unspecified atom stereocenters. The number of carbonyl (C=O) groups excluding carboxylic acids is 2. The van der Waals surface area contributed by atoms with E-state index in [1.807, 2.05) is 41.5 Å². The molecule has 7 heteroatoms. The topological polar surface area (TPSA) is 64.4 Å². The van der Waals surface area contributed by atoms with Gasteiger partial charge in [-0.2, -0.15) is 0 Å². The maximum Gasteiger partial charge on any atom is 0.339 e. The van der Waals surface area contributed by atoms with Crippen LogP contribution in [0.15, 0.2) is 30.3 Å². The number of piperidine rings is 1. The fourth-order valence-electron chi connectivity index (χ4n) is 4.17. The number of hydrogen-bond donors (Lipinski definition) is 0. The second kappa shape index (κ2) is 8.60. The van der Waals surface area contributed by atoms with E-state index in [0.29, 0.717) is 18.7 Å². The molecule has 30 heavy (non-hydrogen) atoms. The quantitative estimate of drug-likeness (QED) is 0.572. The standard InChI is InChI=1S/C23H27N3O3S/c1-4-29-23(28)18-12-15(2)26(16(18)3)14-21(27)25-11-7-8-17(13-25)22-24-19-9-5-6-10-20(19)30-22/h5-6,9-10,12,17H,4,7-8,11,13-14H2,1-3H3/t17-/m1/s1. The second-order valence-corrected chi connectivity index (χ2v) is 8.85. The van der Waals surface area contributed by atoms with E-state index >= 15 is 0 Å². The molecule has 1 aliphatic heterocycles. The third-order valence-corrected chi connectivity index (χ3v) is 7.00. The normalized spacial score (nSPS) is 16.8. The maximum atomic E-state index is 13.1. The van der Waals surface area contributed by atoms with Crippen molar-refractivity contribution in [3.05, 3.63) is 52.3 Å². The molecule has 1 aliphatic rings. The minimum atomic E-state index is -0.335. The van der Waals surface area contributed by atoms with Crippen molar-refractivity contribution in [2.45, 2.75) is 46.1 Å². The first-order valence-electron chi connectivity index (χ1n) is 10.4. The Morgan fingerprint density at radius 2 is 2.07 bits per heavy atom. The van der Waals surface area contributed by atoms with Crippen molar-refractivity contribution in [2.75, 3.05) is 19.7 Å². The van der Waals surface area contributed by atoms with Gasteiger partial charge in [-0.15, -0.1) is 11.3 Å². The van der Waals surface area contributed by atoms with E-state index in [9.17, 15) is 9.59 Å². The van der Waals surface area contributed by atoms with Gasteiger partial charge in [-0.05, 0) is 51.8 Å². The van der Waals surface area contributed by atoms with E-state index in [-0.39, 0.29) is 24.3 Å². The Bertz CT molecular complexity index is 1050. The smallest absolute Gasteiger partial charge is 0.339 e. The number of nitrogens with zero attached hydrogens (tertiary/aromatic N) is 3. The Kier molecular flexibility index (Phi) is 5.90. The first-order valence-corrected chi connectivity index (χ1v) is 11.3. The number of aromatic nitrogens is 2. The van der Waals surface area contributed by atoms with E-state index in [1.165, 1.54) is 4.70 Å². The third kappa shape index (κ3) is 3.99. The number of fused-ring (bicyclic) bond motifs is 1. The SMILES string of the molecule is CCOC(=O)c1cc(C)n(CC(=O)N2CCC[C@@H](c3nc4ccccc4s3)C2)c1C. The first-order chi connectivity index (χ1) is 14.5. The summed E-state index contributed by atoms with van der Waals surface area (Å²) in [4.78, 5) is 32.0. The number of amides is 1. The van der Waals surface area contributed by atoms with Crippen molar-refractivity contribution in [3.8, 4) is 0 Å². The van der Waals surface area contributed by atoms with Crippen LogP contribution in [0.1, 0.15) is 52.4 Å². The highest BCUT2D eigenvalue weighted by atomic mass is 32.1. The Hall–Kier alpha value is -2.67. The lowest BCUT2D eigenvalue weighted by Gasteiger charge is -2.32. The van der Waals surface area contributed by atoms with Crippen LogP contribution in [0.25, 0.3) is 10.2 Å². The fraction of sp³-hybridized carbons (Fsp3) is 0.435. The summed E-state index contributed by atoms with van der Waals surface area (Å²) < 4.78 is 8.24. The molecule has 0 spiro atoms. The van der Waals surface area contributed by atoms with Gasteiger partial charge in [0.15, 0.2) is 0 Å². The van der Waals surface area contributed by atoms with Gasteiger partial charge in [0.05, 0.1) is 27.4 Å². The van der Waals surface area contributed by atoms with Gasteiger partial charge in [0.1, 0.15) is 6.54 Å². The number of likely N-dealkylation sites (tertiary alicyclic amines) is 1. The number of hydrogen-bond acceptors (Lipinski definition) is 5. The summed E-state index contributed by atoms with van der Waals surface area (Å²) in [6.45, 7) is 7.62. The van der Waals surface area contributed by atoms with E-state index in [1.54, 1.807) is 24.3 Å². The van der Waals surface area contributed by atoms with Crippen LogP contribution in [0.5, 0.6) is 0 Å². The van der Waals surface area contributed by atoms with Crippen LogP contribution < -0.4 is 0 Å². The van der Waals surface area contributed by atoms with Crippen LogP contribution >= 0.6 is 11.3 Å². The molecule has 158 valence electrons. The van der Waals surface area contributed by atoms with Crippen molar-refractivity contribution in [2.24, 2.45) is 0 Å². The van der Waals surface area contributed by atoms with Crippen molar-refractivity contribution < 1.29 is 14.3 Å². The molecule has 1 saturated heterocycles. The van der Waals surface area contributed by atoms with Crippen molar-refractivity contribution in [1.82, 2.24) is 14.5 Å². The van der Waals surface area contributed by atoms with Gasteiger partial charge in [-0.25, -0.2) is 9.78 Å². The highest BCUT2D eigenvalue weighted by Gasteiger charge is 2.28. The molecule has 0 bridgehead atoms. The molecule has 1 amide bonds. The zero-order valence-electron chi connectivity index (χ0n) is 17.7. The monoisotopic (exact) mass is 425 g/mol.